The smallest absolute Gasteiger partial charge is 0.323 e. The largest absolute Gasteiger partial charge is 0.465 e. The van der Waals surface area contributed by atoms with E-state index < -0.39 is 12.0 Å². The number of nitrogens with two attached hydrogens (primary N) is 2. The molecule has 2 rings (SSSR count). The molecular formula is C25H42N6O4. The predicted molar refractivity (Wildman–Crippen MR) is 135 cm³/mol. The molecule has 1 unspecified atom stereocenters. The zero-order valence-electron chi connectivity index (χ0n) is 21.4. The van der Waals surface area contributed by atoms with Crippen LogP contribution in [0.2, 0.25) is 0 Å². The summed E-state index contributed by atoms with van der Waals surface area (Å²) in [5.74, 6) is -0.584. The van der Waals surface area contributed by atoms with Gasteiger partial charge in [-0.15, -0.1) is 0 Å². The lowest BCUT2D eigenvalue weighted by Gasteiger charge is -2.19. The standard InChI is InChI=1S/C25H42N6O4/c1-4-5-6-7-8-9-10-11-21(32)35-16-19(12-13-34-24(33)22(26)18(2)3)15-31-17-29-20-14-28-25(27)30-23(20)31/h14,17-19,22H,4-13,15-16,26H2,1-3H3,(H2,27,28,30)/t19?,22-/m0/s1. The molecular weight excluding hydrogens is 448 g/mol. The highest BCUT2D eigenvalue weighted by molar-refractivity contribution is 5.75. The van der Waals surface area contributed by atoms with Crippen molar-refractivity contribution in [3.63, 3.8) is 0 Å². The van der Waals surface area contributed by atoms with Crippen molar-refractivity contribution in [2.24, 2.45) is 17.6 Å². The summed E-state index contributed by atoms with van der Waals surface area (Å²) < 4.78 is 12.8. The van der Waals surface area contributed by atoms with E-state index in [0.717, 1.165) is 19.3 Å². The van der Waals surface area contributed by atoms with E-state index >= 15 is 0 Å². The second-order valence-corrected chi connectivity index (χ2v) is 9.48. The maximum absolute atomic E-state index is 12.3. The summed E-state index contributed by atoms with van der Waals surface area (Å²) in [4.78, 5) is 37.0. The van der Waals surface area contributed by atoms with Crippen molar-refractivity contribution in [3.8, 4) is 0 Å². The van der Waals surface area contributed by atoms with Gasteiger partial charge in [0.25, 0.3) is 0 Å². The second kappa shape index (κ2) is 15.3. The third kappa shape index (κ3) is 10.2. The first-order chi connectivity index (χ1) is 16.8. The molecule has 2 heterocycles. The minimum atomic E-state index is -0.662. The molecule has 196 valence electrons. The molecule has 10 nitrogen and oxygen atoms in total. The highest BCUT2D eigenvalue weighted by atomic mass is 16.5. The molecule has 0 amide bonds. The van der Waals surface area contributed by atoms with Crippen LogP contribution in [0, 0.1) is 11.8 Å². The van der Waals surface area contributed by atoms with E-state index in [1.807, 2.05) is 18.4 Å². The summed E-state index contributed by atoms with van der Waals surface area (Å²) in [7, 11) is 0. The van der Waals surface area contributed by atoms with Crippen LogP contribution in [0.5, 0.6) is 0 Å². The Morgan fingerprint density at radius 1 is 1.06 bits per heavy atom. The number of rotatable bonds is 17. The topological polar surface area (TPSA) is 148 Å². The Hall–Kier alpha value is -2.75. The summed E-state index contributed by atoms with van der Waals surface area (Å²) in [6, 6.07) is -0.662. The van der Waals surface area contributed by atoms with Gasteiger partial charge in [0.15, 0.2) is 5.65 Å². The Labute approximate surface area is 208 Å². The molecule has 4 N–H and O–H groups in total. The van der Waals surface area contributed by atoms with Crippen molar-refractivity contribution in [2.75, 3.05) is 18.9 Å². The molecule has 0 saturated heterocycles. The molecule has 0 aliphatic rings. The molecule has 0 aromatic carbocycles. The van der Waals surface area contributed by atoms with Crippen LogP contribution in [0.1, 0.15) is 78.6 Å². The third-order valence-corrected chi connectivity index (χ3v) is 6.06. The first kappa shape index (κ1) is 28.5. The SMILES string of the molecule is CCCCCCCCCC(=O)OCC(CCOC(=O)[C@@H](N)C(C)C)Cn1cnc2cnc(N)nc21. The van der Waals surface area contributed by atoms with Gasteiger partial charge < -0.3 is 25.5 Å². The number of esters is 2. The minimum Gasteiger partial charge on any atom is -0.465 e. The lowest BCUT2D eigenvalue weighted by molar-refractivity contribution is -0.149. The Kier molecular flexibility index (Phi) is 12.4. The number of hydrogen-bond donors (Lipinski definition) is 2. The maximum atomic E-state index is 12.3. The van der Waals surface area contributed by atoms with E-state index in [0.29, 0.717) is 30.6 Å². The molecule has 10 heteroatoms. The van der Waals surface area contributed by atoms with Crippen molar-refractivity contribution >= 4 is 29.1 Å². The lowest BCUT2D eigenvalue weighted by Crippen LogP contribution is -2.37. The van der Waals surface area contributed by atoms with E-state index in [4.69, 9.17) is 20.9 Å². The van der Waals surface area contributed by atoms with Crippen molar-refractivity contribution in [2.45, 2.75) is 91.1 Å². The molecule has 35 heavy (non-hydrogen) atoms. The first-order valence-electron chi connectivity index (χ1n) is 12.8. The molecule has 0 saturated carbocycles. The molecule has 0 spiro atoms. The Bertz CT molecular complexity index is 916. The van der Waals surface area contributed by atoms with Crippen LogP contribution >= 0.6 is 0 Å². The average Bonchev–Trinajstić information content (AvgIpc) is 3.22. The highest BCUT2D eigenvalue weighted by Crippen LogP contribution is 2.16. The van der Waals surface area contributed by atoms with Crippen LogP contribution in [-0.4, -0.2) is 50.7 Å². The lowest BCUT2D eigenvalue weighted by atomic mass is 10.1. The van der Waals surface area contributed by atoms with Crippen LogP contribution in [0.3, 0.4) is 0 Å². The van der Waals surface area contributed by atoms with Gasteiger partial charge in [-0.1, -0.05) is 59.3 Å². The number of unbranched alkanes of at least 4 members (excludes halogenated alkanes) is 6. The predicted octanol–water partition coefficient (Wildman–Crippen LogP) is 3.63. The number of anilines is 1. The van der Waals surface area contributed by atoms with Gasteiger partial charge in [0.1, 0.15) is 11.6 Å². The van der Waals surface area contributed by atoms with Gasteiger partial charge >= 0.3 is 11.9 Å². The number of carbonyl (C=O) groups is 2. The van der Waals surface area contributed by atoms with E-state index in [1.165, 1.54) is 25.7 Å². The van der Waals surface area contributed by atoms with Gasteiger partial charge in [-0.25, -0.2) is 9.97 Å². The maximum Gasteiger partial charge on any atom is 0.323 e. The fourth-order valence-electron chi connectivity index (χ4n) is 3.71. The van der Waals surface area contributed by atoms with Gasteiger partial charge in [-0.05, 0) is 18.8 Å². The van der Waals surface area contributed by atoms with E-state index in [2.05, 4.69) is 21.9 Å². The van der Waals surface area contributed by atoms with Gasteiger partial charge in [-0.3, -0.25) is 9.59 Å². The summed E-state index contributed by atoms with van der Waals surface area (Å²) >= 11 is 0. The van der Waals surface area contributed by atoms with Gasteiger partial charge in [0, 0.05) is 18.9 Å². The molecule has 0 fully saturated rings. The van der Waals surface area contributed by atoms with Crippen LogP contribution in [0.15, 0.2) is 12.5 Å². The van der Waals surface area contributed by atoms with Crippen LogP contribution in [-0.2, 0) is 25.6 Å². The van der Waals surface area contributed by atoms with Crippen molar-refractivity contribution in [1.82, 2.24) is 19.5 Å². The van der Waals surface area contributed by atoms with E-state index in [-0.39, 0.29) is 37.0 Å². The molecule has 2 aromatic heterocycles. The summed E-state index contributed by atoms with van der Waals surface area (Å²) in [5.41, 5.74) is 12.8. The van der Waals surface area contributed by atoms with Crippen LogP contribution in [0.4, 0.5) is 5.95 Å². The summed E-state index contributed by atoms with van der Waals surface area (Å²) in [6.45, 7) is 6.82. The number of carbonyl (C=O) groups excluding carboxylic acids is 2. The van der Waals surface area contributed by atoms with Crippen molar-refractivity contribution in [3.05, 3.63) is 12.5 Å². The zero-order chi connectivity index (χ0) is 25.6. The van der Waals surface area contributed by atoms with Gasteiger partial charge in [0.05, 0.1) is 25.7 Å². The Morgan fingerprint density at radius 2 is 1.77 bits per heavy atom. The molecule has 0 radical (unpaired) electrons. The Balaban J connectivity index is 1.88. The summed E-state index contributed by atoms with van der Waals surface area (Å²) in [6.07, 6.45) is 12.1. The molecule has 0 bridgehead atoms. The molecule has 2 atom stereocenters. The number of fused-ring (bicyclic) bond motifs is 1. The van der Waals surface area contributed by atoms with Crippen molar-refractivity contribution in [1.29, 1.82) is 0 Å². The summed E-state index contributed by atoms with van der Waals surface area (Å²) in [5, 5.41) is 0. The monoisotopic (exact) mass is 490 g/mol. The number of nitrogens with zero attached hydrogens (tertiary/aromatic N) is 4. The van der Waals surface area contributed by atoms with Crippen LogP contribution in [0.25, 0.3) is 11.2 Å². The van der Waals surface area contributed by atoms with Gasteiger partial charge in [-0.2, -0.15) is 4.98 Å². The highest BCUT2D eigenvalue weighted by Gasteiger charge is 2.20. The molecule has 2 aromatic rings. The fourth-order valence-corrected chi connectivity index (χ4v) is 3.71. The zero-order valence-corrected chi connectivity index (χ0v) is 21.4. The second-order valence-electron chi connectivity index (χ2n) is 9.48. The fraction of sp³-hybridized carbons (Fsp3) is 0.720. The molecule has 0 aliphatic heterocycles. The quantitative estimate of drug-likeness (QED) is 0.250. The normalized spacial score (nSPS) is 13.2. The first-order valence-corrected chi connectivity index (χ1v) is 12.8. The van der Waals surface area contributed by atoms with E-state index in [9.17, 15) is 9.59 Å². The third-order valence-electron chi connectivity index (χ3n) is 6.06. The number of aromatic nitrogens is 4. The average molecular weight is 491 g/mol. The number of nitrogen functional groups attached to an aromatic ring is 1. The Morgan fingerprint density at radius 3 is 2.49 bits per heavy atom. The number of ether oxygens (including phenoxy) is 2. The minimum absolute atomic E-state index is 0.00616. The van der Waals surface area contributed by atoms with Gasteiger partial charge in [0.2, 0.25) is 5.95 Å². The molecule has 0 aliphatic carbocycles. The van der Waals surface area contributed by atoms with Crippen LogP contribution < -0.4 is 11.5 Å². The van der Waals surface area contributed by atoms with E-state index in [1.54, 1.807) is 12.5 Å². The van der Waals surface area contributed by atoms with Crippen molar-refractivity contribution < 1.29 is 19.1 Å². The number of hydrogen-bond acceptors (Lipinski definition) is 9. The number of imidazole rings is 1.